The van der Waals surface area contributed by atoms with Gasteiger partial charge in [0, 0.05) is 18.4 Å². The fourth-order valence-electron chi connectivity index (χ4n) is 2.16. The van der Waals surface area contributed by atoms with Crippen LogP contribution in [0, 0.1) is 11.3 Å². The number of hydrogen-bond acceptors (Lipinski definition) is 4. The van der Waals surface area contributed by atoms with Gasteiger partial charge in [-0.2, -0.15) is 5.26 Å². The largest absolute Gasteiger partial charge is 0.453 e. The molecule has 0 fully saturated rings. The summed E-state index contributed by atoms with van der Waals surface area (Å²) < 4.78 is 4.51. The maximum atomic E-state index is 12.0. The van der Waals surface area contributed by atoms with Crippen LogP contribution in [0.15, 0.2) is 18.2 Å². The third kappa shape index (κ3) is 2.22. The molecule has 6 heteroatoms. The zero-order valence-corrected chi connectivity index (χ0v) is 10.6. The molecule has 0 spiro atoms. The number of nitriles is 1. The first-order valence-electron chi connectivity index (χ1n) is 5.72. The summed E-state index contributed by atoms with van der Waals surface area (Å²) in [5.74, 6) is -0.573. The summed E-state index contributed by atoms with van der Waals surface area (Å²) in [4.78, 5) is 24.7. The van der Waals surface area contributed by atoms with E-state index < -0.39 is 12.0 Å². The highest BCUT2D eigenvalue weighted by atomic mass is 16.5. The van der Waals surface area contributed by atoms with Gasteiger partial charge in [0.05, 0.1) is 25.5 Å². The summed E-state index contributed by atoms with van der Waals surface area (Å²) in [7, 11) is 2.95. The van der Waals surface area contributed by atoms with E-state index in [2.05, 4.69) is 10.1 Å². The second-order valence-electron chi connectivity index (χ2n) is 4.20. The van der Waals surface area contributed by atoms with Crippen LogP contribution in [-0.4, -0.2) is 26.2 Å². The molecule has 2 rings (SSSR count). The van der Waals surface area contributed by atoms with E-state index in [1.54, 1.807) is 25.2 Å². The van der Waals surface area contributed by atoms with Crippen molar-refractivity contribution in [2.24, 2.45) is 0 Å². The third-order valence-corrected chi connectivity index (χ3v) is 3.12. The lowest BCUT2D eigenvalue weighted by Gasteiger charge is -2.10. The molecule has 1 unspecified atom stereocenters. The second kappa shape index (κ2) is 4.98. The van der Waals surface area contributed by atoms with Crippen molar-refractivity contribution in [1.82, 2.24) is 0 Å². The van der Waals surface area contributed by atoms with Crippen molar-refractivity contribution >= 4 is 23.4 Å². The molecule has 0 bridgehead atoms. The topological polar surface area (TPSA) is 82.4 Å². The standard InChI is InChI=1S/C13H13N3O3/c1-16-11-4-3-8(15-13(18)19-2)7-10(11)9(5-6-14)12(16)17/h3-4,7,9H,5H2,1-2H3,(H,15,18). The van der Waals surface area contributed by atoms with Crippen LogP contribution in [0.3, 0.4) is 0 Å². The molecule has 98 valence electrons. The highest BCUT2D eigenvalue weighted by molar-refractivity contribution is 6.05. The van der Waals surface area contributed by atoms with Crippen molar-refractivity contribution in [3.8, 4) is 6.07 Å². The summed E-state index contributed by atoms with van der Waals surface area (Å²) in [6.45, 7) is 0. The fourth-order valence-corrected chi connectivity index (χ4v) is 2.16. The molecule has 0 radical (unpaired) electrons. The van der Waals surface area contributed by atoms with Gasteiger partial charge in [-0.05, 0) is 23.8 Å². The summed E-state index contributed by atoms with van der Waals surface area (Å²) in [6.07, 6.45) is -0.452. The maximum absolute atomic E-state index is 12.0. The summed E-state index contributed by atoms with van der Waals surface area (Å²) >= 11 is 0. The molecule has 0 saturated carbocycles. The van der Waals surface area contributed by atoms with E-state index in [-0.39, 0.29) is 12.3 Å². The molecular formula is C13H13N3O3. The molecule has 1 aromatic carbocycles. The Hall–Kier alpha value is -2.55. The molecule has 1 N–H and O–H groups in total. The van der Waals surface area contributed by atoms with Gasteiger partial charge in [-0.15, -0.1) is 0 Å². The maximum Gasteiger partial charge on any atom is 0.411 e. The van der Waals surface area contributed by atoms with Crippen LogP contribution >= 0.6 is 0 Å². The van der Waals surface area contributed by atoms with Crippen LogP contribution in [0.2, 0.25) is 0 Å². The molecule has 1 aliphatic rings. The number of benzene rings is 1. The first kappa shape index (κ1) is 12.9. The van der Waals surface area contributed by atoms with E-state index in [1.807, 2.05) is 6.07 Å². The lowest BCUT2D eigenvalue weighted by molar-refractivity contribution is -0.118. The smallest absolute Gasteiger partial charge is 0.411 e. The zero-order valence-electron chi connectivity index (χ0n) is 10.6. The average molecular weight is 259 g/mol. The highest BCUT2D eigenvalue weighted by Crippen LogP contribution is 2.39. The van der Waals surface area contributed by atoms with Crippen molar-refractivity contribution < 1.29 is 14.3 Å². The molecule has 1 aromatic rings. The number of nitrogens with zero attached hydrogens (tertiary/aromatic N) is 2. The van der Waals surface area contributed by atoms with E-state index in [0.29, 0.717) is 5.69 Å². The van der Waals surface area contributed by atoms with E-state index >= 15 is 0 Å². The molecule has 1 heterocycles. The van der Waals surface area contributed by atoms with Crippen LogP contribution < -0.4 is 10.2 Å². The van der Waals surface area contributed by atoms with E-state index in [1.165, 1.54) is 12.0 Å². The van der Waals surface area contributed by atoms with Gasteiger partial charge in [0.15, 0.2) is 0 Å². The van der Waals surface area contributed by atoms with Crippen LogP contribution in [0.4, 0.5) is 16.2 Å². The Bertz CT molecular complexity index is 577. The Morgan fingerprint density at radius 3 is 2.95 bits per heavy atom. The predicted octanol–water partition coefficient (Wildman–Crippen LogP) is 1.84. The van der Waals surface area contributed by atoms with Gasteiger partial charge in [-0.3, -0.25) is 10.1 Å². The highest BCUT2D eigenvalue weighted by Gasteiger charge is 2.35. The number of carbonyl (C=O) groups is 2. The van der Waals surface area contributed by atoms with Crippen LogP contribution in [0.5, 0.6) is 0 Å². The van der Waals surface area contributed by atoms with Crippen LogP contribution in [0.25, 0.3) is 0 Å². The number of hydrogen-bond donors (Lipinski definition) is 1. The summed E-state index contributed by atoms with van der Waals surface area (Å²) in [5.41, 5.74) is 2.06. The SMILES string of the molecule is COC(=O)Nc1ccc2c(c1)C(CC#N)C(=O)N2C. The second-order valence-corrected chi connectivity index (χ2v) is 4.20. The number of anilines is 2. The lowest BCUT2D eigenvalue weighted by atomic mass is 9.97. The molecular weight excluding hydrogens is 246 g/mol. The zero-order chi connectivity index (χ0) is 14.0. The molecule has 0 aromatic heterocycles. The normalized spacial score (nSPS) is 16.8. The number of likely N-dealkylation sites (N-methyl/N-ethyl adjacent to an activating group) is 1. The quantitative estimate of drug-likeness (QED) is 0.878. The molecule has 1 aliphatic heterocycles. The van der Waals surface area contributed by atoms with Gasteiger partial charge >= 0.3 is 6.09 Å². The van der Waals surface area contributed by atoms with Gasteiger partial charge < -0.3 is 9.64 Å². The average Bonchev–Trinajstić information content (AvgIpc) is 2.64. The Labute approximate surface area is 110 Å². The minimum absolute atomic E-state index is 0.105. The van der Waals surface area contributed by atoms with Crippen molar-refractivity contribution in [3.05, 3.63) is 23.8 Å². The van der Waals surface area contributed by atoms with E-state index in [0.717, 1.165) is 11.3 Å². The number of fused-ring (bicyclic) bond motifs is 1. The first-order chi connectivity index (χ1) is 9.08. The minimum Gasteiger partial charge on any atom is -0.453 e. The Balaban J connectivity index is 2.36. The predicted molar refractivity (Wildman–Crippen MR) is 68.9 cm³/mol. The van der Waals surface area contributed by atoms with Crippen molar-refractivity contribution in [2.45, 2.75) is 12.3 Å². The minimum atomic E-state index is -0.575. The Morgan fingerprint density at radius 2 is 2.32 bits per heavy atom. The monoisotopic (exact) mass is 259 g/mol. The number of amides is 2. The first-order valence-corrected chi connectivity index (χ1v) is 5.72. The molecule has 0 saturated heterocycles. The molecule has 6 nitrogen and oxygen atoms in total. The Morgan fingerprint density at radius 1 is 1.58 bits per heavy atom. The van der Waals surface area contributed by atoms with E-state index in [4.69, 9.17) is 5.26 Å². The number of carbonyl (C=O) groups excluding carboxylic acids is 2. The van der Waals surface area contributed by atoms with Crippen molar-refractivity contribution in [1.29, 1.82) is 5.26 Å². The third-order valence-electron chi connectivity index (χ3n) is 3.12. The van der Waals surface area contributed by atoms with Gasteiger partial charge in [-0.25, -0.2) is 4.79 Å². The van der Waals surface area contributed by atoms with Crippen molar-refractivity contribution in [3.63, 3.8) is 0 Å². The Kier molecular flexibility index (Phi) is 3.38. The number of methoxy groups -OCH3 is 1. The van der Waals surface area contributed by atoms with Crippen LogP contribution in [0.1, 0.15) is 17.9 Å². The van der Waals surface area contributed by atoms with Crippen molar-refractivity contribution in [2.75, 3.05) is 24.4 Å². The van der Waals surface area contributed by atoms with Gasteiger partial charge in [0.2, 0.25) is 5.91 Å². The van der Waals surface area contributed by atoms with Gasteiger partial charge in [0.25, 0.3) is 0 Å². The van der Waals surface area contributed by atoms with Crippen LogP contribution in [-0.2, 0) is 9.53 Å². The summed E-state index contributed by atoms with van der Waals surface area (Å²) in [5, 5.41) is 11.3. The number of nitrogens with one attached hydrogen (secondary N) is 1. The number of ether oxygens (including phenoxy) is 1. The fraction of sp³-hybridized carbons (Fsp3) is 0.308. The molecule has 19 heavy (non-hydrogen) atoms. The van der Waals surface area contributed by atoms with Gasteiger partial charge in [-0.1, -0.05) is 0 Å². The number of rotatable bonds is 2. The lowest BCUT2D eigenvalue weighted by Crippen LogP contribution is -2.23. The molecule has 2 amide bonds. The molecule has 0 aliphatic carbocycles. The summed E-state index contributed by atoms with van der Waals surface area (Å²) in [6, 6.07) is 7.15. The molecule has 1 atom stereocenters. The van der Waals surface area contributed by atoms with E-state index in [9.17, 15) is 9.59 Å². The van der Waals surface area contributed by atoms with Gasteiger partial charge in [0.1, 0.15) is 0 Å².